The molecule has 0 saturated carbocycles. The largest absolute Gasteiger partial charge is 0.494 e. The van der Waals surface area contributed by atoms with Gasteiger partial charge < -0.3 is 19.3 Å². The zero-order valence-corrected chi connectivity index (χ0v) is 12.0. The third-order valence-electron chi connectivity index (χ3n) is 2.76. The summed E-state index contributed by atoms with van der Waals surface area (Å²) in [5, 5.41) is 9.61. The Morgan fingerprint density at radius 1 is 1.26 bits per heavy atom. The van der Waals surface area contributed by atoms with Gasteiger partial charge in [-0.2, -0.15) is 0 Å². The summed E-state index contributed by atoms with van der Waals surface area (Å²) in [6.45, 7) is 6.15. The quantitative estimate of drug-likeness (QED) is 0.700. The van der Waals surface area contributed by atoms with Crippen molar-refractivity contribution in [3.8, 4) is 5.75 Å². The van der Waals surface area contributed by atoms with Crippen molar-refractivity contribution in [2.24, 2.45) is 0 Å². The van der Waals surface area contributed by atoms with Crippen LogP contribution in [0.4, 0.5) is 0 Å². The minimum absolute atomic E-state index is 0.483. The Labute approximate surface area is 115 Å². The minimum Gasteiger partial charge on any atom is -0.494 e. The predicted molar refractivity (Wildman–Crippen MR) is 74.4 cm³/mol. The highest BCUT2D eigenvalue weighted by atomic mass is 16.5. The van der Waals surface area contributed by atoms with Crippen molar-refractivity contribution in [2.45, 2.75) is 33.0 Å². The highest BCUT2D eigenvalue weighted by molar-refractivity contribution is 5.37. The molecule has 1 unspecified atom stereocenters. The lowest BCUT2D eigenvalue weighted by atomic mass is 10.1. The van der Waals surface area contributed by atoms with Crippen LogP contribution in [-0.2, 0) is 16.1 Å². The molecule has 4 nitrogen and oxygen atoms in total. The van der Waals surface area contributed by atoms with Gasteiger partial charge in [0.1, 0.15) is 5.75 Å². The van der Waals surface area contributed by atoms with Crippen LogP contribution in [-0.4, -0.2) is 32.0 Å². The molecule has 0 saturated heterocycles. The van der Waals surface area contributed by atoms with E-state index < -0.39 is 6.10 Å². The van der Waals surface area contributed by atoms with Gasteiger partial charge in [0.05, 0.1) is 19.3 Å². The van der Waals surface area contributed by atoms with Crippen molar-refractivity contribution in [1.82, 2.24) is 0 Å². The Bertz CT molecular complexity index is 363. The Morgan fingerprint density at radius 2 is 2.05 bits per heavy atom. The molecule has 108 valence electrons. The number of aliphatic hydroxyl groups excluding tert-OH is 1. The van der Waals surface area contributed by atoms with Gasteiger partial charge in [0.2, 0.25) is 0 Å². The number of hydrogen-bond donors (Lipinski definition) is 1. The molecule has 1 aromatic carbocycles. The fraction of sp³-hybridized carbons (Fsp3) is 0.600. The van der Waals surface area contributed by atoms with Crippen molar-refractivity contribution in [3.05, 3.63) is 29.3 Å². The van der Waals surface area contributed by atoms with E-state index in [2.05, 4.69) is 0 Å². The van der Waals surface area contributed by atoms with Crippen LogP contribution in [0.25, 0.3) is 0 Å². The van der Waals surface area contributed by atoms with E-state index in [9.17, 15) is 5.11 Å². The summed E-state index contributed by atoms with van der Waals surface area (Å²) < 4.78 is 16.1. The van der Waals surface area contributed by atoms with Crippen LogP contribution in [0.5, 0.6) is 5.75 Å². The van der Waals surface area contributed by atoms with E-state index in [0.717, 1.165) is 23.3 Å². The molecule has 1 rings (SSSR count). The topological polar surface area (TPSA) is 47.9 Å². The average molecular weight is 268 g/mol. The predicted octanol–water partition coefficient (Wildman–Crippen LogP) is 2.69. The molecule has 0 bridgehead atoms. The summed E-state index contributed by atoms with van der Waals surface area (Å²) in [6, 6.07) is 5.70. The van der Waals surface area contributed by atoms with Gasteiger partial charge >= 0.3 is 0 Å². The molecular formula is C15H24O4. The second kappa shape index (κ2) is 8.91. The van der Waals surface area contributed by atoms with Gasteiger partial charge in [0, 0.05) is 25.9 Å². The summed E-state index contributed by atoms with van der Waals surface area (Å²) in [5.74, 6) is 0.818. The van der Waals surface area contributed by atoms with Crippen LogP contribution >= 0.6 is 0 Å². The van der Waals surface area contributed by atoms with E-state index in [-0.39, 0.29) is 0 Å². The SMILES string of the molecule is CCOc1ccc(C(C)O)cc1COCCCOC. The minimum atomic E-state index is -0.483. The lowest BCUT2D eigenvalue weighted by Gasteiger charge is -2.13. The van der Waals surface area contributed by atoms with Gasteiger partial charge in [-0.05, 0) is 38.0 Å². The smallest absolute Gasteiger partial charge is 0.124 e. The van der Waals surface area contributed by atoms with Crippen molar-refractivity contribution in [2.75, 3.05) is 26.9 Å². The van der Waals surface area contributed by atoms with E-state index in [1.165, 1.54) is 0 Å². The number of benzene rings is 1. The molecule has 1 atom stereocenters. The molecule has 0 spiro atoms. The van der Waals surface area contributed by atoms with E-state index in [0.29, 0.717) is 26.4 Å². The third kappa shape index (κ3) is 5.59. The lowest BCUT2D eigenvalue weighted by Crippen LogP contribution is -2.03. The van der Waals surface area contributed by atoms with E-state index in [1.807, 2.05) is 25.1 Å². The fourth-order valence-electron chi connectivity index (χ4n) is 1.76. The highest BCUT2D eigenvalue weighted by Crippen LogP contribution is 2.24. The molecule has 1 aromatic rings. The van der Waals surface area contributed by atoms with E-state index in [4.69, 9.17) is 14.2 Å². The van der Waals surface area contributed by atoms with Crippen LogP contribution in [0, 0.1) is 0 Å². The first kappa shape index (κ1) is 16.0. The summed E-state index contributed by atoms with van der Waals surface area (Å²) >= 11 is 0. The van der Waals surface area contributed by atoms with E-state index >= 15 is 0 Å². The van der Waals surface area contributed by atoms with Crippen LogP contribution < -0.4 is 4.74 Å². The van der Waals surface area contributed by atoms with Gasteiger partial charge in [-0.15, -0.1) is 0 Å². The molecule has 0 aliphatic rings. The zero-order valence-electron chi connectivity index (χ0n) is 12.0. The Hall–Kier alpha value is -1.10. The maximum absolute atomic E-state index is 9.61. The van der Waals surface area contributed by atoms with Crippen molar-refractivity contribution < 1.29 is 19.3 Å². The van der Waals surface area contributed by atoms with Crippen molar-refractivity contribution in [3.63, 3.8) is 0 Å². The Balaban J connectivity index is 2.63. The zero-order chi connectivity index (χ0) is 14.1. The van der Waals surface area contributed by atoms with E-state index in [1.54, 1.807) is 14.0 Å². The first-order valence-electron chi connectivity index (χ1n) is 6.69. The summed E-state index contributed by atoms with van der Waals surface area (Å²) in [4.78, 5) is 0. The monoisotopic (exact) mass is 268 g/mol. The molecule has 4 heteroatoms. The second-order valence-electron chi connectivity index (χ2n) is 4.38. The molecule has 0 aliphatic carbocycles. The number of ether oxygens (including phenoxy) is 3. The summed E-state index contributed by atoms with van der Waals surface area (Å²) in [5.41, 5.74) is 1.84. The van der Waals surface area contributed by atoms with Crippen molar-refractivity contribution in [1.29, 1.82) is 0 Å². The molecule has 19 heavy (non-hydrogen) atoms. The molecule has 0 aromatic heterocycles. The maximum atomic E-state index is 9.61. The number of methoxy groups -OCH3 is 1. The lowest BCUT2D eigenvalue weighted by molar-refractivity contribution is 0.0912. The Kier molecular flexibility index (Phi) is 7.48. The normalized spacial score (nSPS) is 12.4. The molecule has 0 radical (unpaired) electrons. The molecule has 0 fully saturated rings. The third-order valence-corrected chi connectivity index (χ3v) is 2.76. The maximum Gasteiger partial charge on any atom is 0.124 e. The number of aliphatic hydroxyl groups is 1. The molecule has 1 N–H and O–H groups in total. The molecule has 0 aliphatic heterocycles. The standard InChI is InChI=1S/C15H24O4/c1-4-19-15-7-6-13(12(2)16)10-14(15)11-18-9-5-8-17-3/h6-7,10,12,16H,4-5,8-9,11H2,1-3H3. The van der Waals surface area contributed by atoms with Crippen LogP contribution in [0.1, 0.15) is 37.5 Å². The number of hydrogen-bond acceptors (Lipinski definition) is 4. The fourth-order valence-corrected chi connectivity index (χ4v) is 1.76. The van der Waals surface area contributed by atoms with Gasteiger partial charge in [0.15, 0.2) is 0 Å². The number of rotatable bonds is 9. The van der Waals surface area contributed by atoms with Crippen LogP contribution in [0.3, 0.4) is 0 Å². The average Bonchev–Trinajstić information content (AvgIpc) is 2.40. The Morgan fingerprint density at radius 3 is 2.68 bits per heavy atom. The molecular weight excluding hydrogens is 244 g/mol. The van der Waals surface area contributed by atoms with Gasteiger partial charge in [-0.25, -0.2) is 0 Å². The van der Waals surface area contributed by atoms with Gasteiger partial charge in [0.25, 0.3) is 0 Å². The first-order valence-corrected chi connectivity index (χ1v) is 6.69. The van der Waals surface area contributed by atoms with Crippen LogP contribution in [0.2, 0.25) is 0 Å². The molecule has 0 amide bonds. The molecule has 0 heterocycles. The van der Waals surface area contributed by atoms with Crippen LogP contribution in [0.15, 0.2) is 18.2 Å². The van der Waals surface area contributed by atoms with Crippen molar-refractivity contribution >= 4 is 0 Å². The summed E-state index contributed by atoms with van der Waals surface area (Å²) in [7, 11) is 1.68. The summed E-state index contributed by atoms with van der Waals surface area (Å²) in [6.07, 6.45) is 0.388. The van der Waals surface area contributed by atoms with Gasteiger partial charge in [-0.3, -0.25) is 0 Å². The highest BCUT2D eigenvalue weighted by Gasteiger charge is 2.08. The second-order valence-corrected chi connectivity index (χ2v) is 4.38. The first-order chi connectivity index (χ1) is 9.19. The van der Waals surface area contributed by atoms with Gasteiger partial charge in [-0.1, -0.05) is 6.07 Å².